The highest BCUT2D eigenvalue weighted by atomic mass is 16.5. The van der Waals surface area contributed by atoms with Crippen molar-refractivity contribution in [2.45, 2.75) is 53.4 Å². The van der Waals surface area contributed by atoms with Crippen LogP contribution >= 0.6 is 0 Å². The van der Waals surface area contributed by atoms with E-state index in [9.17, 15) is 5.11 Å². The lowest BCUT2D eigenvalue weighted by Crippen LogP contribution is -2.04. The molecule has 4 heteroatoms. The van der Waals surface area contributed by atoms with Crippen LogP contribution in [-0.4, -0.2) is 23.3 Å². The summed E-state index contributed by atoms with van der Waals surface area (Å²) in [6.45, 7) is 9.51. The standard InChI is InChI=1S/C22H31NO3/c1-16(2)9-10-19-11-12-20(17(3)22(19)24)25-14-5-6-15-26-21-8-7-13-23-18(21)4/h7-8,11-13,16,24H,5-6,9-10,14-15H2,1-4H3. The summed E-state index contributed by atoms with van der Waals surface area (Å²) < 4.78 is 11.6. The number of hydrogen-bond donors (Lipinski definition) is 1. The van der Waals surface area contributed by atoms with E-state index in [0.717, 1.165) is 54.0 Å². The van der Waals surface area contributed by atoms with Crippen LogP contribution in [0.2, 0.25) is 0 Å². The summed E-state index contributed by atoms with van der Waals surface area (Å²) in [7, 11) is 0. The molecule has 0 fully saturated rings. The van der Waals surface area contributed by atoms with Crippen molar-refractivity contribution in [3.8, 4) is 17.2 Å². The number of ether oxygens (including phenoxy) is 2. The minimum atomic E-state index is 0.374. The maximum absolute atomic E-state index is 10.4. The summed E-state index contributed by atoms with van der Waals surface area (Å²) in [5, 5.41) is 10.4. The van der Waals surface area contributed by atoms with Gasteiger partial charge in [0.2, 0.25) is 0 Å². The second-order valence-corrected chi connectivity index (χ2v) is 7.12. The van der Waals surface area contributed by atoms with Gasteiger partial charge in [-0.3, -0.25) is 4.98 Å². The molecule has 1 N–H and O–H groups in total. The predicted octanol–water partition coefficient (Wildman–Crippen LogP) is 5.23. The first-order chi connectivity index (χ1) is 12.5. The predicted molar refractivity (Wildman–Crippen MR) is 105 cm³/mol. The minimum Gasteiger partial charge on any atom is -0.507 e. The minimum absolute atomic E-state index is 0.374. The number of nitrogens with zero attached hydrogens (tertiary/aromatic N) is 1. The van der Waals surface area contributed by atoms with Crippen molar-refractivity contribution in [1.29, 1.82) is 0 Å². The number of aromatic nitrogens is 1. The maximum atomic E-state index is 10.4. The second-order valence-electron chi connectivity index (χ2n) is 7.12. The van der Waals surface area contributed by atoms with Gasteiger partial charge in [-0.15, -0.1) is 0 Å². The summed E-state index contributed by atoms with van der Waals surface area (Å²) in [5.74, 6) is 2.60. The van der Waals surface area contributed by atoms with Crippen molar-refractivity contribution < 1.29 is 14.6 Å². The van der Waals surface area contributed by atoms with Gasteiger partial charge in [-0.25, -0.2) is 0 Å². The lowest BCUT2D eigenvalue weighted by atomic mass is 10.00. The zero-order valence-electron chi connectivity index (χ0n) is 16.4. The molecule has 26 heavy (non-hydrogen) atoms. The van der Waals surface area contributed by atoms with E-state index in [1.807, 2.05) is 38.1 Å². The Hall–Kier alpha value is -2.23. The lowest BCUT2D eigenvalue weighted by Gasteiger charge is -2.14. The molecule has 2 aromatic rings. The smallest absolute Gasteiger partial charge is 0.140 e. The normalized spacial score (nSPS) is 11.0. The van der Waals surface area contributed by atoms with Gasteiger partial charge >= 0.3 is 0 Å². The van der Waals surface area contributed by atoms with Crippen LogP contribution in [0.25, 0.3) is 0 Å². The second kappa shape index (κ2) is 10.0. The van der Waals surface area contributed by atoms with Gasteiger partial charge in [0.1, 0.15) is 17.2 Å². The molecule has 2 rings (SSSR count). The largest absolute Gasteiger partial charge is 0.507 e. The van der Waals surface area contributed by atoms with Crippen molar-refractivity contribution in [2.75, 3.05) is 13.2 Å². The first-order valence-corrected chi connectivity index (χ1v) is 9.47. The fourth-order valence-corrected chi connectivity index (χ4v) is 2.73. The highest BCUT2D eigenvalue weighted by molar-refractivity contribution is 5.48. The number of benzene rings is 1. The van der Waals surface area contributed by atoms with Crippen LogP contribution in [0.3, 0.4) is 0 Å². The molecular formula is C22H31NO3. The molecule has 0 saturated carbocycles. The van der Waals surface area contributed by atoms with E-state index in [2.05, 4.69) is 18.8 Å². The van der Waals surface area contributed by atoms with E-state index in [-0.39, 0.29) is 0 Å². The molecule has 142 valence electrons. The van der Waals surface area contributed by atoms with E-state index in [1.165, 1.54) is 0 Å². The Morgan fingerprint density at radius 2 is 1.69 bits per heavy atom. The number of hydrogen-bond acceptors (Lipinski definition) is 4. The van der Waals surface area contributed by atoms with Crippen molar-refractivity contribution in [3.63, 3.8) is 0 Å². The Morgan fingerprint density at radius 1 is 1.00 bits per heavy atom. The molecule has 0 saturated heterocycles. The molecule has 1 aromatic carbocycles. The number of aryl methyl sites for hydroxylation is 2. The van der Waals surface area contributed by atoms with Crippen LogP contribution in [-0.2, 0) is 6.42 Å². The number of rotatable bonds is 10. The third-order valence-corrected chi connectivity index (χ3v) is 4.47. The van der Waals surface area contributed by atoms with Crippen LogP contribution < -0.4 is 9.47 Å². The van der Waals surface area contributed by atoms with Crippen molar-refractivity contribution >= 4 is 0 Å². The van der Waals surface area contributed by atoms with Crippen molar-refractivity contribution in [1.82, 2.24) is 4.98 Å². The number of phenolic OH excluding ortho intramolecular Hbond substituents is 1. The van der Waals surface area contributed by atoms with Crippen LogP contribution in [0.15, 0.2) is 30.5 Å². The zero-order chi connectivity index (χ0) is 18.9. The zero-order valence-corrected chi connectivity index (χ0v) is 16.4. The summed E-state index contributed by atoms with van der Waals surface area (Å²) in [4.78, 5) is 4.21. The number of phenols is 1. The number of pyridine rings is 1. The van der Waals surface area contributed by atoms with Gasteiger partial charge in [-0.2, -0.15) is 0 Å². The van der Waals surface area contributed by atoms with E-state index in [0.29, 0.717) is 24.9 Å². The Bertz CT molecular complexity index is 698. The molecule has 0 bridgehead atoms. The molecule has 4 nitrogen and oxygen atoms in total. The number of unbranched alkanes of at least 4 members (excludes halogenated alkanes) is 1. The van der Waals surface area contributed by atoms with Crippen LogP contribution in [0.1, 0.15) is 49.9 Å². The maximum Gasteiger partial charge on any atom is 0.140 e. The highest BCUT2D eigenvalue weighted by Gasteiger charge is 2.10. The summed E-state index contributed by atoms with van der Waals surface area (Å²) in [6, 6.07) is 7.77. The van der Waals surface area contributed by atoms with Gasteiger partial charge in [0.25, 0.3) is 0 Å². The molecule has 0 spiro atoms. The SMILES string of the molecule is Cc1ncccc1OCCCCOc1ccc(CCC(C)C)c(O)c1C. The fraction of sp³-hybridized carbons (Fsp3) is 0.500. The Balaban J connectivity index is 1.74. The molecular weight excluding hydrogens is 326 g/mol. The van der Waals surface area contributed by atoms with Gasteiger partial charge in [0.05, 0.1) is 18.9 Å². The molecule has 1 aromatic heterocycles. The van der Waals surface area contributed by atoms with Gasteiger partial charge in [0, 0.05) is 11.8 Å². The number of aromatic hydroxyl groups is 1. The molecule has 0 amide bonds. The molecule has 0 aliphatic heterocycles. The van der Waals surface area contributed by atoms with E-state index in [1.54, 1.807) is 6.20 Å². The molecule has 0 atom stereocenters. The van der Waals surface area contributed by atoms with E-state index < -0.39 is 0 Å². The topological polar surface area (TPSA) is 51.6 Å². The van der Waals surface area contributed by atoms with Gasteiger partial charge in [0.15, 0.2) is 0 Å². The van der Waals surface area contributed by atoms with Crippen molar-refractivity contribution in [2.24, 2.45) is 5.92 Å². The average molecular weight is 357 g/mol. The summed E-state index contributed by atoms with van der Waals surface area (Å²) in [6.07, 6.45) is 5.54. The first kappa shape index (κ1) is 20.1. The van der Waals surface area contributed by atoms with E-state index in [4.69, 9.17) is 9.47 Å². The molecule has 0 unspecified atom stereocenters. The quantitative estimate of drug-likeness (QED) is 0.592. The molecule has 0 aliphatic carbocycles. The molecule has 0 radical (unpaired) electrons. The molecule has 0 aliphatic rings. The van der Waals surface area contributed by atoms with Gasteiger partial charge < -0.3 is 14.6 Å². The third kappa shape index (κ3) is 5.94. The van der Waals surface area contributed by atoms with Gasteiger partial charge in [-0.05, 0) is 69.2 Å². The van der Waals surface area contributed by atoms with Crippen LogP contribution in [0.5, 0.6) is 17.2 Å². The summed E-state index contributed by atoms with van der Waals surface area (Å²) in [5.41, 5.74) is 2.74. The van der Waals surface area contributed by atoms with Crippen LogP contribution in [0.4, 0.5) is 0 Å². The van der Waals surface area contributed by atoms with Gasteiger partial charge in [-0.1, -0.05) is 19.9 Å². The third-order valence-electron chi connectivity index (χ3n) is 4.47. The fourth-order valence-electron chi connectivity index (χ4n) is 2.73. The monoisotopic (exact) mass is 357 g/mol. The highest BCUT2D eigenvalue weighted by Crippen LogP contribution is 2.31. The average Bonchev–Trinajstić information content (AvgIpc) is 2.62. The molecule has 1 heterocycles. The Labute approximate surface area is 157 Å². The first-order valence-electron chi connectivity index (χ1n) is 9.47. The Morgan fingerprint density at radius 3 is 2.35 bits per heavy atom. The Kier molecular flexibility index (Phi) is 7.76. The van der Waals surface area contributed by atoms with Crippen LogP contribution in [0, 0.1) is 19.8 Å². The lowest BCUT2D eigenvalue weighted by molar-refractivity contribution is 0.263. The van der Waals surface area contributed by atoms with E-state index >= 15 is 0 Å². The van der Waals surface area contributed by atoms with Crippen molar-refractivity contribution in [3.05, 3.63) is 47.3 Å². The summed E-state index contributed by atoms with van der Waals surface area (Å²) >= 11 is 0.